The van der Waals surface area contributed by atoms with E-state index in [2.05, 4.69) is 35.2 Å². The quantitative estimate of drug-likeness (QED) is 0.474. The summed E-state index contributed by atoms with van der Waals surface area (Å²) in [6.45, 7) is 0.165. The van der Waals surface area contributed by atoms with Crippen molar-refractivity contribution in [1.29, 1.82) is 0 Å². The molecule has 144 valence electrons. The summed E-state index contributed by atoms with van der Waals surface area (Å²) >= 11 is 5.87. The van der Waals surface area contributed by atoms with Gasteiger partial charge in [0.05, 0.1) is 12.7 Å². The van der Waals surface area contributed by atoms with Crippen LogP contribution < -0.4 is 10.3 Å². The van der Waals surface area contributed by atoms with Crippen molar-refractivity contribution >= 4 is 34.1 Å². The number of benzene rings is 1. The number of fused-ring (bicyclic) bond motifs is 2. The number of halogens is 1. The van der Waals surface area contributed by atoms with Gasteiger partial charge in [-0.3, -0.25) is 9.36 Å². The van der Waals surface area contributed by atoms with E-state index in [1.54, 1.807) is 31.3 Å². The Labute approximate surface area is 167 Å². The summed E-state index contributed by atoms with van der Waals surface area (Å²) in [5.41, 5.74) is 1.20. The van der Waals surface area contributed by atoms with Crippen molar-refractivity contribution < 1.29 is 4.74 Å². The second-order valence-electron chi connectivity index (χ2n) is 6.18. The standard InChI is InChI=1S/C17H12ClN9O2/c1-26-13-14(24-25-26)20-8-27(17(13)28)7-11-21-15-16(22-11)23-12(6-19-15)29-10-4-2-9(18)3-5-10/h2-6,8H,7H2,1H3,(H,19,21,22,23). The summed E-state index contributed by atoms with van der Waals surface area (Å²) in [6, 6.07) is 6.90. The fourth-order valence-electron chi connectivity index (χ4n) is 2.83. The average Bonchev–Trinajstić information content (AvgIpc) is 3.29. The van der Waals surface area contributed by atoms with Gasteiger partial charge in [0, 0.05) is 12.1 Å². The van der Waals surface area contributed by atoms with Crippen LogP contribution in [0.3, 0.4) is 0 Å². The third-order valence-electron chi connectivity index (χ3n) is 4.18. The number of hydrogen-bond donors (Lipinski definition) is 1. The first kappa shape index (κ1) is 17.3. The highest BCUT2D eigenvalue weighted by Gasteiger charge is 2.13. The van der Waals surface area contributed by atoms with Gasteiger partial charge in [0.25, 0.3) is 5.56 Å². The van der Waals surface area contributed by atoms with E-state index in [1.807, 2.05) is 0 Å². The zero-order chi connectivity index (χ0) is 20.0. The zero-order valence-electron chi connectivity index (χ0n) is 14.9. The molecule has 12 heteroatoms. The van der Waals surface area contributed by atoms with Crippen molar-refractivity contribution in [1.82, 2.24) is 44.5 Å². The first-order chi connectivity index (χ1) is 14.1. The molecule has 0 fully saturated rings. The van der Waals surface area contributed by atoms with Crippen LogP contribution in [0.4, 0.5) is 0 Å². The molecular weight excluding hydrogens is 398 g/mol. The molecule has 5 aromatic rings. The van der Waals surface area contributed by atoms with Crippen molar-refractivity contribution in [3.63, 3.8) is 0 Å². The Morgan fingerprint density at radius 2 is 1.97 bits per heavy atom. The van der Waals surface area contributed by atoms with E-state index in [1.165, 1.54) is 21.8 Å². The second kappa shape index (κ2) is 6.63. The van der Waals surface area contributed by atoms with Crippen LogP contribution in [0.2, 0.25) is 5.02 Å². The van der Waals surface area contributed by atoms with Gasteiger partial charge in [-0.05, 0) is 24.3 Å². The summed E-state index contributed by atoms with van der Waals surface area (Å²) < 4.78 is 8.48. The lowest BCUT2D eigenvalue weighted by Crippen LogP contribution is -2.23. The van der Waals surface area contributed by atoms with E-state index in [0.29, 0.717) is 44.9 Å². The first-order valence-corrected chi connectivity index (χ1v) is 8.84. The summed E-state index contributed by atoms with van der Waals surface area (Å²) in [4.78, 5) is 32.8. The van der Waals surface area contributed by atoms with Gasteiger partial charge >= 0.3 is 0 Å². The van der Waals surface area contributed by atoms with Crippen molar-refractivity contribution in [2.24, 2.45) is 7.05 Å². The van der Waals surface area contributed by atoms with Gasteiger partial charge in [0.2, 0.25) is 11.5 Å². The summed E-state index contributed by atoms with van der Waals surface area (Å²) in [7, 11) is 1.64. The minimum Gasteiger partial charge on any atom is -0.437 e. The Hall–Kier alpha value is -3.86. The van der Waals surface area contributed by atoms with E-state index in [9.17, 15) is 4.79 Å². The molecule has 0 aliphatic heterocycles. The van der Waals surface area contributed by atoms with Gasteiger partial charge < -0.3 is 9.72 Å². The van der Waals surface area contributed by atoms with Crippen LogP contribution in [0.1, 0.15) is 5.82 Å². The topological polar surface area (TPSA) is 129 Å². The lowest BCUT2D eigenvalue weighted by atomic mass is 10.3. The Bertz CT molecular complexity index is 1400. The molecule has 29 heavy (non-hydrogen) atoms. The van der Waals surface area contributed by atoms with Crippen molar-refractivity contribution in [3.05, 3.63) is 58.0 Å². The maximum Gasteiger partial charge on any atom is 0.281 e. The molecule has 0 bridgehead atoms. The Morgan fingerprint density at radius 1 is 1.14 bits per heavy atom. The molecule has 0 spiro atoms. The number of H-pyrrole nitrogens is 1. The molecule has 0 aliphatic rings. The number of aryl methyl sites for hydroxylation is 1. The van der Waals surface area contributed by atoms with Gasteiger partial charge in [-0.2, -0.15) is 4.98 Å². The van der Waals surface area contributed by atoms with Crippen LogP contribution in [-0.4, -0.2) is 44.5 Å². The third kappa shape index (κ3) is 3.17. The molecule has 5 rings (SSSR count). The summed E-state index contributed by atoms with van der Waals surface area (Å²) in [6.07, 6.45) is 2.88. The summed E-state index contributed by atoms with van der Waals surface area (Å²) in [5.74, 6) is 1.39. The van der Waals surface area contributed by atoms with Gasteiger partial charge in [0.1, 0.15) is 17.9 Å². The number of aromatic amines is 1. The van der Waals surface area contributed by atoms with Crippen LogP contribution in [-0.2, 0) is 13.6 Å². The van der Waals surface area contributed by atoms with Gasteiger partial charge in [-0.1, -0.05) is 16.8 Å². The predicted molar refractivity (Wildman–Crippen MR) is 103 cm³/mol. The van der Waals surface area contributed by atoms with E-state index < -0.39 is 0 Å². The van der Waals surface area contributed by atoms with Crippen molar-refractivity contribution in [2.45, 2.75) is 6.54 Å². The maximum atomic E-state index is 12.6. The second-order valence-corrected chi connectivity index (χ2v) is 6.62. The predicted octanol–water partition coefficient (Wildman–Crippen LogP) is 1.69. The Balaban J connectivity index is 1.44. The van der Waals surface area contributed by atoms with Crippen molar-refractivity contribution in [3.8, 4) is 11.6 Å². The van der Waals surface area contributed by atoms with Crippen LogP contribution in [0.15, 0.2) is 41.6 Å². The molecule has 0 aliphatic carbocycles. The number of hydrogen-bond acceptors (Lipinski definition) is 8. The summed E-state index contributed by atoms with van der Waals surface area (Å²) in [5, 5.41) is 8.26. The lowest BCUT2D eigenvalue weighted by molar-refractivity contribution is 0.462. The van der Waals surface area contributed by atoms with Crippen LogP contribution >= 0.6 is 11.6 Å². The Morgan fingerprint density at radius 3 is 2.79 bits per heavy atom. The molecule has 11 nitrogen and oxygen atoms in total. The molecule has 0 radical (unpaired) electrons. The molecule has 1 N–H and O–H groups in total. The van der Waals surface area contributed by atoms with E-state index in [-0.39, 0.29) is 12.1 Å². The van der Waals surface area contributed by atoms with E-state index in [4.69, 9.17) is 16.3 Å². The fourth-order valence-corrected chi connectivity index (χ4v) is 2.95. The minimum absolute atomic E-state index is 0.165. The number of nitrogens with one attached hydrogen (secondary N) is 1. The molecule has 4 aromatic heterocycles. The number of rotatable bonds is 4. The first-order valence-electron chi connectivity index (χ1n) is 8.47. The largest absolute Gasteiger partial charge is 0.437 e. The highest BCUT2D eigenvalue weighted by Crippen LogP contribution is 2.22. The molecule has 0 atom stereocenters. The highest BCUT2D eigenvalue weighted by molar-refractivity contribution is 6.30. The molecule has 0 unspecified atom stereocenters. The zero-order valence-corrected chi connectivity index (χ0v) is 15.7. The van der Waals surface area contributed by atoms with E-state index in [0.717, 1.165) is 0 Å². The molecule has 0 saturated carbocycles. The van der Waals surface area contributed by atoms with Crippen LogP contribution in [0.5, 0.6) is 11.6 Å². The molecular formula is C17H12ClN9O2. The van der Waals surface area contributed by atoms with Gasteiger partial charge in [-0.25, -0.2) is 19.6 Å². The number of aromatic nitrogens is 9. The van der Waals surface area contributed by atoms with Crippen molar-refractivity contribution in [2.75, 3.05) is 0 Å². The van der Waals surface area contributed by atoms with Gasteiger partial charge in [-0.15, -0.1) is 5.10 Å². The SMILES string of the molecule is Cn1nnc2ncn(Cc3nc4ncc(Oc5ccc(Cl)cc5)nc4[nH]3)c(=O)c21. The number of imidazole rings is 1. The smallest absolute Gasteiger partial charge is 0.281 e. The Kier molecular flexibility index (Phi) is 3.95. The third-order valence-corrected chi connectivity index (χ3v) is 4.43. The highest BCUT2D eigenvalue weighted by atomic mass is 35.5. The molecule has 0 saturated heterocycles. The lowest BCUT2D eigenvalue weighted by Gasteiger charge is -2.03. The normalized spacial score (nSPS) is 11.4. The minimum atomic E-state index is -0.268. The van der Waals surface area contributed by atoms with Gasteiger partial charge in [0.15, 0.2) is 16.8 Å². The number of ether oxygens (including phenoxy) is 1. The molecule has 1 aromatic carbocycles. The molecule has 0 amide bonds. The fraction of sp³-hybridized carbons (Fsp3) is 0.118. The number of nitrogens with zero attached hydrogens (tertiary/aromatic N) is 8. The van der Waals surface area contributed by atoms with Crippen LogP contribution in [0, 0.1) is 0 Å². The van der Waals surface area contributed by atoms with Crippen LogP contribution in [0.25, 0.3) is 22.5 Å². The van der Waals surface area contributed by atoms with E-state index >= 15 is 0 Å². The molecule has 4 heterocycles. The maximum absolute atomic E-state index is 12.6. The monoisotopic (exact) mass is 409 g/mol. The average molecular weight is 410 g/mol.